The van der Waals surface area contributed by atoms with Crippen LogP contribution in [-0.4, -0.2) is 23.6 Å². The fraction of sp³-hybridized carbons (Fsp3) is 0.300. The third-order valence-corrected chi connectivity index (χ3v) is 3.06. The summed E-state index contributed by atoms with van der Waals surface area (Å²) in [6.45, 7) is 0. The molecule has 3 nitrogen and oxygen atoms in total. The number of thioether (sulfide) groups is 1. The molecule has 1 heterocycles. The molecule has 1 amide bonds. The van der Waals surface area contributed by atoms with Gasteiger partial charge in [-0.2, -0.15) is 0 Å². The largest absolute Gasteiger partial charge is 0.325 e. The number of hydrogen-bond acceptors (Lipinski definition) is 3. The maximum Gasteiger partial charge on any atom is 0.242 e. The van der Waals surface area contributed by atoms with Gasteiger partial charge in [-0.15, -0.1) is 24.2 Å². The molecule has 1 aromatic carbocycles. The molecule has 16 heavy (non-hydrogen) atoms. The molecule has 2 rings (SSSR count). The highest BCUT2D eigenvalue weighted by molar-refractivity contribution is 7.99. The molecule has 0 unspecified atom stereocenters. The van der Waals surface area contributed by atoms with Crippen molar-refractivity contribution in [3.63, 3.8) is 0 Å². The SMILES string of the molecule is Cl.O=C(Nc1cccc(F)c1)[C@H]1CSCN1. The van der Waals surface area contributed by atoms with E-state index in [4.69, 9.17) is 0 Å². The van der Waals surface area contributed by atoms with Gasteiger partial charge in [0.2, 0.25) is 5.91 Å². The minimum absolute atomic E-state index is 0. The molecule has 0 bridgehead atoms. The van der Waals surface area contributed by atoms with Gasteiger partial charge in [-0.25, -0.2) is 4.39 Å². The Kier molecular flexibility index (Phi) is 5.05. The Morgan fingerprint density at radius 1 is 1.56 bits per heavy atom. The summed E-state index contributed by atoms with van der Waals surface area (Å²) in [5.74, 6) is 1.11. The van der Waals surface area contributed by atoms with E-state index < -0.39 is 0 Å². The van der Waals surface area contributed by atoms with E-state index in [1.54, 1.807) is 23.9 Å². The summed E-state index contributed by atoms with van der Waals surface area (Å²) in [4.78, 5) is 11.6. The normalized spacial score (nSPS) is 18.9. The quantitative estimate of drug-likeness (QED) is 0.855. The van der Waals surface area contributed by atoms with Crippen molar-refractivity contribution in [1.29, 1.82) is 0 Å². The van der Waals surface area contributed by atoms with Gasteiger partial charge in [-0.1, -0.05) is 6.07 Å². The van der Waals surface area contributed by atoms with E-state index in [1.165, 1.54) is 12.1 Å². The van der Waals surface area contributed by atoms with Crippen molar-refractivity contribution in [2.24, 2.45) is 0 Å². The van der Waals surface area contributed by atoms with Gasteiger partial charge in [-0.05, 0) is 18.2 Å². The van der Waals surface area contributed by atoms with Gasteiger partial charge in [-0.3, -0.25) is 10.1 Å². The molecule has 0 spiro atoms. The molecule has 0 aliphatic carbocycles. The highest BCUT2D eigenvalue weighted by Crippen LogP contribution is 2.13. The zero-order valence-electron chi connectivity index (χ0n) is 8.40. The van der Waals surface area contributed by atoms with Crippen molar-refractivity contribution >= 4 is 35.8 Å². The molecule has 6 heteroatoms. The smallest absolute Gasteiger partial charge is 0.242 e. The summed E-state index contributed by atoms with van der Waals surface area (Å²) in [5.41, 5.74) is 0.499. The first kappa shape index (κ1) is 13.3. The van der Waals surface area contributed by atoms with Gasteiger partial charge < -0.3 is 5.32 Å². The molecule has 1 aliphatic heterocycles. The van der Waals surface area contributed by atoms with E-state index in [9.17, 15) is 9.18 Å². The van der Waals surface area contributed by atoms with Crippen LogP contribution >= 0.6 is 24.2 Å². The number of rotatable bonds is 2. The van der Waals surface area contributed by atoms with Crippen molar-refractivity contribution in [3.05, 3.63) is 30.1 Å². The van der Waals surface area contributed by atoms with E-state index in [1.807, 2.05) is 0 Å². The Balaban J connectivity index is 0.00000128. The van der Waals surface area contributed by atoms with Crippen LogP contribution in [0.5, 0.6) is 0 Å². The molecule has 1 saturated heterocycles. The summed E-state index contributed by atoms with van der Waals surface area (Å²) in [7, 11) is 0. The lowest BCUT2D eigenvalue weighted by molar-refractivity contribution is -0.117. The minimum Gasteiger partial charge on any atom is -0.325 e. The highest BCUT2D eigenvalue weighted by atomic mass is 35.5. The molecule has 88 valence electrons. The van der Waals surface area contributed by atoms with E-state index in [2.05, 4.69) is 10.6 Å². The Bertz CT molecular complexity index is 372. The van der Waals surface area contributed by atoms with Crippen LogP contribution in [-0.2, 0) is 4.79 Å². The summed E-state index contributed by atoms with van der Waals surface area (Å²) in [5, 5.41) is 5.72. The number of carbonyl (C=O) groups is 1. The van der Waals surface area contributed by atoms with Gasteiger partial charge in [0.15, 0.2) is 0 Å². The Labute approximate surface area is 104 Å². The number of hydrogen-bond donors (Lipinski definition) is 2. The number of amides is 1. The van der Waals surface area contributed by atoms with Gasteiger partial charge in [0.05, 0.1) is 6.04 Å². The van der Waals surface area contributed by atoms with Gasteiger partial charge in [0.1, 0.15) is 5.82 Å². The molecule has 0 radical (unpaired) electrons. The maximum absolute atomic E-state index is 12.8. The first-order valence-electron chi connectivity index (χ1n) is 4.63. The molecule has 1 atom stereocenters. The number of nitrogens with one attached hydrogen (secondary N) is 2. The monoisotopic (exact) mass is 262 g/mol. The summed E-state index contributed by atoms with van der Waals surface area (Å²) in [6, 6.07) is 5.72. The van der Waals surface area contributed by atoms with E-state index in [-0.39, 0.29) is 30.2 Å². The first-order valence-corrected chi connectivity index (χ1v) is 5.79. The third-order valence-electron chi connectivity index (χ3n) is 2.12. The standard InChI is InChI=1S/C10H11FN2OS.ClH/c11-7-2-1-3-8(4-7)13-10(14)9-5-15-6-12-9;/h1-4,9,12H,5-6H2,(H,13,14);1H/t9-;/m1./s1. The van der Waals surface area contributed by atoms with Crippen LogP contribution in [0.3, 0.4) is 0 Å². The van der Waals surface area contributed by atoms with Crippen molar-refractivity contribution < 1.29 is 9.18 Å². The molecule has 1 aromatic rings. The highest BCUT2D eigenvalue weighted by Gasteiger charge is 2.22. The lowest BCUT2D eigenvalue weighted by Gasteiger charge is -2.10. The minimum atomic E-state index is -0.346. The van der Waals surface area contributed by atoms with Crippen molar-refractivity contribution in [1.82, 2.24) is 5.32 Å². The fourth-order valence-electron chi connectivity index (χ4n) is 1.36. The lowest BCUT2D eigenvalue weighted by Crippen LogP contribution is -2.37. The second-order valence-corrected chi connectivity index (χ2v) is 4.30. The molecular formula is C10H12ClFN2OS. The van der Waals surface area contributed by atoms with Crippen LogP contribution in [0.4, 0.5) is 10.1 Å². The van der Waals surface area contributed by atoms with Crippen LogP contribution in [0.25, 0.3) is 0 Å². The number of halogens is 2. The van der Waals surface area contributed by atoms with Crippen molar-refractivity contribution in [2.75, 3.05) is 16.9 Å². The molecular weight excluding hydrogens is 251 g/mol. The predicted molar refractivity (Wildman–Crippen MR) is 66.5 cm³/mol. The molecule has 0 saturated carbocycles. The molecule has 1 fully saturated rings. The van der Waals surface area contributed by atoms with Crippen LogP contribution in [0.2, 0.25) is 0 Å². The van der Waals surface area contributed by atoms with E-state index in [0.29, 0.717) is 5.69 Å². The summed E-state index contributed by atoms with van der Waals surface area (Å²) in [6.07, 6.45) is 0. The summed E-state index contributed by atoms with van der Waals surface area (Å²) >= 11 is 1.68. The first-order chi connectivity index (χ1) is 7.25. The van der Waals surface area contributed by atoms with Gasteiger partial charge in [0, 0.05) is 17.3 Å². The van der Waals surface area contributed by atoms with Crippen LogP contribution < -0.4 is 10.6 Å². The average molecular weight is 263 g/mol. The lowest BCUT2D eigenvalue weighted by atomic mass is 10.2. The average Bonchev–Trinajstić information content (AvgIpc) is 2.70. The molecule has 0 aromatic heterocycles. The Hall–Kier alpha value is -0.780. The summed E-state index contributed by atoms with van der Waals surface area (Å²) < 4.78 is 12.8. The molecule has 2 N–H and O–H groups in total. The zero-order valence-corrected chi connectivity index (χ0v) is 10.0. The molecule has 1 aliphatic rings. The number of anilines is 1. The fourth-order valence-corrected chi connectivity index (χ4v) is 2.30. The Morgan fingerprint density at radius 2 is 2.38 bits per heavy atom. The number of benzene rings is 1. The van der Waals surface area contributed by atoms with E-state index in [0.717, 1.165) is 11.6 Å². The van der Waals surface area contributed by atoms with Crippen LogP contribution in [0, 0.1) is 5.82 Å². The van der Waals surface area contributed by atoms with Crippen molar-refractivity contribution in [2.45, 2.75) is 6.04 Å². The van der Waals surface area contributed by atoms with Crippen LogP contribution in [0.15, 0.2) is 24.3 Å². The zero-order chi connectivity index (χ0) is 10.7. The van der Waals surface area contributed by atoms with Gasteiger partial charge >= 0.3 is 0 Å². The van der Waals surface area contributed by atoms with Gasteiger partial charge in [0.25, 0.3) is 0 Å². The second-order valence-electron chi connectivity index (χ2n) is 3.27. The number of carbonyl (C=O) groups excluding carboxylic acids is 1. The van der Waals surface area contributed by atoms with E-state index >= 15 is 0 Å². The van der Waals surface area contributed by atoms with Crippen LogP contribution in [0.1, 0.15) is 0 Å². The second kappa shape index (κ2) is 6.08. The topological polar surface area (TPSA) is 41.1 Å². The maximum atomic E-state index is 12.8. The third kappa shape index (κ3) is 3.37. The predicted octanol–water partition coefficient (Wildman–Crippen LogP) is 1.85. The van der Waals surface area contributed by atoms with Crippen molar-refractivity contribution in [3.8, 4) is 0 Å². The Morgan fingerprint density at radius 3 is 3.00 bits per heavy atom.